The van der Waals surface area contributed by atoms with Gasteiger partial charge in [-0.25, -0.2) is 0 Å². The van der Waals surface area contributed by atoms with Crippen LogP contribution >= 0.6 is 40.2 Å². The molecule has 0 nitrogen and oxygen atoms in total. The third-order valence-corrected chi connectivity index (χ3v) is 17.0. The van der Waals surface area contributed by atoms with Gasteiger partial charge in [0.2, 0.25) is 0 Å². The van der Waals surface area contributed by atoms with Crippen molar-refractivity contribution >= 4 is 64.7 Å². The summed E-state index contributed by atoms with van der Waals surface area (Å²) in [5.41, 5.74) is 0. The maximum absolute atomic E-state index is 6.59. The molecular formula is C12H8BiCl4. The molecule has 0 bridgehead atoms. The van der Waals surface area contributed by atoms with Gasteiger partial charge in [0.15, 0.2) is 0 Å². The predicted octanol–water partition coefficient (Wildman–Crippen LogP) is 4.03. The van der Waals surface area contributed by atoms with Crippen molar-refractivity contribution in [1.82, 2.24) is 0 Å². The van der Waals surface area contributed by atoms with Gasteiger partial charge in [-0.3, -0.25) is 0 Å². The molecule has 0 fully saturated rings. The summed E-state index contributed by atoms with van der Waals surface area (Å²) in [4.78, 5) is 0. The molecule has 0 unspecified atom stereocenters. The molecule has 0 atom stereocenters. The number of rotatable bonds is 2. The van der Waals surface area contributed by atoms with Gasteiger partial charge in [0.1, 0.15) is 0 Å². The Morgan fingerprint density at radius 2 is 0.882 bits per heavy atom. The number of halogens is 4. The van der Waals surface area contributed by atoms with Crippen LogP contribution in [0.25, 0.3) is 0 Å². The second-order valence-electron chi connectivity index (χ2n) is 3.47. The Labute approximate surface area is 122 Å². The van der Waals surface area contributed by atoms with Crippen LogP contribution in [-0.2, 0) is 0 Å². The Balaban J connectivity index is 2.41. The number of hydrogen-bond acceptors (Lipinski definition) is 0. The van der Waals surface area contributed by atoms with Gasteiger partial charge < -0.3 is 0 Å². The van der Waals surface area contributed by atoms with E-state index in [1.807, 2.05) is 48.5 Å². The van der Waals surface area contributed by atoms with E-state index in [9.17, 15) is 0 Å². The second kappa shape index (κ2) is 5.63. The number of benzene rings is 2. The summed E-state index contributed by atoms with van der Waals surface area (Å²) in [6.45, 7) is 0. The van der Waals surface area contributed by atoms with Gasteiger partial charge in [-0.15, -0.1) is 0 Å². The van der Waals surface area contributed by atoms with Gasteiger partial charge in [0.25, 0.3) is 0 Å². The van der Waals surface area contributed by atoms with Crippen LogP contribution in [0.15, 0.2) is 48.5 Å². The molecule has 17 heavy (non-hydrogen) atoms. The summed E-state index contributed by atoms with van der Waals surface area (Å²) in [5, 5.41) is 1.36. The Kier molecular flexibility index (Phi) is 4.61. The summed E-state index contributed by atoms with van der Waals surface area (Å²) < 4.78 is 1.97. The van der Waals surface area contributed by atoms with Gasteiger partial charge in [-0.2, -0.15) is 0 Å². The Hall–Kier alpha value is 0.483. The zero-order valence-electron chi connectivity index (χ0n) is 8.58. The summed E-state index contributed by atoms with van der Waals surface area (Å²) in [5.74, 6) is 0. The van der Waals surface area contributed by atoms with Crippen molar-refractivity contribution in [2.75, 3.05) is 0 Å². The van der Waals surface area contributed by atoms with E-state index in [-0.39, 0.29) is 0 Å². The normalized spacial score (nSPS) is 11.5. The molecule has 0 heterocycles. The molecule has 0 amide bonds. The standard InChI is InChI=1S/2C6H4Cl.Bi.2ClH/c2*7-6-4-2-1-3-5-6;;;/h2*2-5H;;2*1H/q;;+2;;/p-2. The third-order valence-electron chi connectivity index (χ3n) is 2.30. The van der Waals surface area contributed by atoms with Crippen LogP contribution in [0, 0.1) is 0 Å². The van der Waals surface area contributed by atoms with E-state index in [2.05, 4.69) is 0 Å². The van der Waals surface area contributed by atoms with Crippen LogP contribution in [0.3, 0.4) is 0 Å². The van der Waals surface area contributed by atoms with E-state index in [4.69, 9.17) is 40.2 Å². The molecule has 2 aromatic rings. The van der Waals surface area contributed by atoms with Crippen molar-refractivity contribution in [2.45, 2.75) is 0 Å². The minimum absolute atomic E-state index is 0.682. The molecule has 0 aliphatic carbocycles. The van der Waals surface area contributed by atoms with Crippen molar-refractivity contribution in [3.63, 3.8) is 0 Å². The Morgan fingerprint density at radius 1 is 0.588 bits per heavy atom. The summed E-state index contributed by atoms with van der Waals surface area (Å²) in [6, 6.07) is 14.8. The molecule has 5 heteroatoms. The van der Waals surface area contributed by atoms with Gasteiger partial charge in [-0.05, 0) is 0 Å². The van der Waals surface area contributed by atoms with E-state index in [1.165, 1.54) is 0 Å². The molecule has 0 saturated heterocycles. The number of hydrogen-bond donors (Lipinski definition) is 0. The third kappa shape index (κ3) is 3.28. The molecule has 0 aromatic heterocycles. The summed E-state index contributed by atoms with van der Waals surface area (Å²) in [7, 11) is 13.2. The van der Waals surface area contributed by atoms with Gasteiger partial charge in [0.05, 0.1) is 0 Å². The first-order valence-electron chi connectivity index (χ1n) is 4.81. The van der Waals surface area contributed by atoms with Gasteiger partial charge in [-0.1, -0.05) is 0 Å². The van der Waals surface area contributed by atoms with Crippen LogP contribution in [-0.4, -0.2) is 17.9 Å². The Bertz CT molecular complexity index is 458. The predicted molar refractivity (Wildman–Crippen MR) is 79.6 cm³/mol. The van der Waals surface area contributed by atoms with Crippen molar-refractivity contribution < 1.29 is 0 Å². The summed E-state index contributed by atoms with van der Waals surface area (Å²) in [6.07, 6.45) is 0. The van der Waals surface area contributed by atoms with E-state index < -0.39 is 17.9 Å². The molecule has 2 rings (SSSR count). The van der Waals surface area contributed by atoms with Gasteiger partial charge >= 0.3 is 123 Å². The molecule has 89 valence electrons. The topological polar surface area (TPSA) is 0 Å². The zero-order chi connectivity index (χ0) is 12.5. The fourth-order valence-electron chi connectivity index (χ4n) is 1.41. The Morgan fingerprint density at radius 3 is 1.18 bits per heavy atom. The van der Waals surface area contributed by atoms with Crippen LogP contribution in [0.5, 0.6) is 0 Å². The molecule has 0 N–H and O–H groups in total. The molecule has 2 aromatic carbocycles. The van der Waals surface area contributed by atoms with E-state index in [1.54, 1.807) is 0 Å². The van der Waals surface area contributed by atoms with Gasteiger partial charge in [0, 0.05) is 0 Å². The van der Waals surface area contributed by atoms with Crippen molar-refractivity contribution in [3.05, 3.63) is 58.6 Å². The fourth-order valence-corrected chi connectivity index (χ4v) is 10.8. The van der Waals surface area contributed by atoms with E-state index in [0.717, 1.165) is 6.54 Å². The van der Waals surface area contributed by atoms with Crippen LogP contribution in [0.4, 0.5) is 0 Å². The van der Waals surface area contributed by atoms with Crippen molar-refractivity contribution in [3.8, 4) is 0 Å². The first-order chi connectivity index (χ1) is 8.00. The zero-order valence-corrected chi connectivity index (χ0v) is 15.1. The molecule has 1 radical (unpaired) electrons. The maximum atomic E-state index is 6.59. The molecule has 0 aliphatic heterocycles. The average molecular weight is 503 g/mol. The SMILES string of the molecule is Clc1cc[c]([Bi]([Cl])([Cl])[c]2ccc(Cl)cc2)cc1. The minimum atomic E-state index is -3.54. The fraction of sp³-hybridized carbons (Fsp3) is 0. The van der Waals surface area contributed by atoms with Crippen LogP contribution < -0.4 is 6.54 Å². The van der Waals surface area contributed by atoms with Crippen molar-refractivity contribution in [1.29, 1.82) is 0 Å². The van der Waals surface area contributed by atoms with E-state index in [0.29, 0.717) is 10.0 Å². The molecule has 0 spiro atoms. The first-order valence-corrected chi connectivity index (χ1v) is 17.6. The second-order valence-corrected chi connectivity index (χ2v) is 22.8. The van der Waals surface area contributed by atoms with Crippen LogP contribution in [0.2, 0.25) is 10.0 Å². The monoisotopic (exact) mass is 501 g/mol. The molecule has 0 aliphatic rings. The average Bonchev–Trinajstić information content (AvgIpc) is 2.30. The first kappa shape index (κ1) is 13.9. The van der Waals surface area contributed by atoms with Crippen LogP contribution in [0.1, 0.15) is 0 Å². The summed E-state index contributed by atoms with van der Waals surface area (Å²) >= 11 is 8.16. The quantitative estimate of drug-likeness (QED) is 0.544. The molecular weight excluding hydrogens is 495 g/mol. The van der Waals surface area contributed by atoms with E-state index >= 15 is 0 Å². The molecule has 0 saturated carbocycles. The van der Waals surface area contributed by atoms with Crippen molar-refractivity contribution in [2.24, 2.45) is 0 Å².